The Kier molecular flexibility index (Phi) is 3.56. The van der Waals surface area contributed by atoms with Crippen LogP contribution in [0.15, 0.2) is 41.1 Å². The normalized spacial score (nSPS) is 12.4. The zero-order valence-electron chi connectivity index (χ0n) is 9.01. The van der Waals surface area contributed by atoms with Gasteiger partial charge in [0.25, 0.3) is 0 Å². The molecule has 0 bridgehead atoms. The molecule has 1 unspecified atom stereocenters. The number of rotatable bonds is 4. The summed E-state index contributed by atoms with van der Waals surface area (Å²) in [6, 6.07) is 9.98. The Bertz CT molecular complexity index is 442. The first kappa shape index (κ1) is 11.1. The number of nitrogens with two attached hydrogens (primary N) is 1. The Morgan fingerprint density at radius 3 is 2.81 bits per heavy atom. The van der Waals surface area contributed by atoms with E-state index >= 15 is 0 Å². The minimum Gasteiger partial charge on any atom is -0.497 e. The highest BCUT2D eigenvalue weighted by Gasteiger charge is 2.12. The maximum Gasteiger partial charge on any atom is 0.119 e. The summed E-state index contributed by atoms with van der Waals surface area (Å²) in [5, 5.41) is 4.13. The van der Waals surface area contributed by atoms with Crippen molar-refractivity contribution in [2.24, 2.45) is 5.84 Å². The molecule has 0 saturated heterocycles. The molecular formula is C12H14N2OS. The molecular weight excluding hydrogens is 220 g/mol. The topological polar surface area (TPSA) is 47.3 Å². The standard InChI is InChI=1S/C12H14N2OS/c1-15-11-4-2-3-9(7-11)12(14-13)10-5-6-16-8-10/h2-8,12,14H,13H2,1H3. The van der Waals surface area contributed by atoms with Gasteiger partial charge in [-0.15, -0.1) is 0 Å². The molecule has 0 aliphatic rings. The lowest BCUT2D eigenvalue weighted by atomic mass is 10.0. The molecule has 1 aromatic carbocycles. The van der Waals surface area contributed by atoms with Gasteiger partial charge in [-0.25, -0.2) is 5.43 Å². The fourth-order valence-electron chi connectivity index (χ4n) is 1.65. The largest absolute Gasteiger partial charge is 0.497 e. The van der Waals surface area contributed by atoms with E-state index in [4.69, 9.17) is 10.6 Å². The Balaban J connectivity index is 2.33. The van der Waals surface area contributed by atoms with Crippen molar-refractivity contribution in [2.45, 2.75) is 6.04 Å². The van der Waals surface area contributed by atoms with E-state index in [0.717, 1.165) is 11.3 Å². The number of hydrogen-bond acceptors (Lipinski definition) is 4. The van der Waals surface area contributed by atoms with Crippen molar-refractivity contribution in [3.8, 4) is 5.75 Å². The molecule has 0 spiro atoms. The van der Waals surface area contributed by atoms with Crippen molar-refractivity contribution >= 4 is 11.3 Å². The SMILES string of the molecule is COc1cccc(C(NN)c2ccsc2)c1. The predicted octanol–water partition coefficient (Wildman–Crippen LogP) is 2.31. The van der Waals surface area contributed by atoms with Crippen LogP contribution in [0.25, 0.3) is 0 Å². The Morgan fingerprint density at radius 1 is 1.31 bits per heavy atom. The number of benzene rings is 1. The van der Waals surface area contributed by atoms with Gasteiger partial charge in [0.1, 0.15) is 5.75 Å². The summed E-state index contributed by atoms with van der Waals surface area (Å²) in [7, 11) is 1.66. The van der Waals surface area contributed by atoms with E-state index in [1.165, 1.54) is 5.56 Å². The third kappa shape index (κ3) is 2.24. The molecule has 0 fully saturated rings. The summed E-state index contributed by atoms with van der Waals surface area (Å²) < 4.78 is 5.20. The average molecular weight is 234 g/mol. The smallest absolute Gasteiger partial charge is 0.119 e. The van der Waals surface area contributed by atoms with Crippen molar-refractivity contribution in [2.75, 3.05) is 7.11 Å². The first-order valence-corrected chi connectivity index (χ1v) is 5.91. The second kappa shape index (κ2) is 5.12. The third-order valence-corrected chi connectivity index (χ3v) is 3.17. The Labute approximate surface area is 98.8 Å². The van der Waals surface area contributed by atoms with Gasteiger partial charge < -0.3 is 4.74 Å². The van der Waals surface area contributed by atoms with Crippen LogP contribution >= 0.6 is 11.3 Å². The van der Waals surface area contributed by atoms with E-state index in [1.54, 1.807) is 18.4 Å². The summed E-state index contributed by atoms with van der Waals surface area (Å²) in [5.74, 6) is 6.44. The zero-order chi connectivity index (χ0) is 11.4. The van der Waals surface area contributed by atoms with Crippen molar-refractivity contribution in [1.82, 2.24) is 5.43 Å². The van der Waals surface area contributed by atoms with Gasteiger partial charge in [0.05, 0.1) is 13.2 Å². The lowest BCUT2D eigenvalue weighted by molar-refractivity contribution is 0.413. The second-order valence-electron chi connectivity index (χ2n) is 3.43. The van der Waals surface area contributed by atoms with Crippen LogP contribution in [0, 0.1) is 0 Å². The van der Waals surface area contributed by atoms with E-state index in [0.29, 0.717) is 0 Å². The van der Waals surface area contributed by atoms with Gasteiger partial charge in [-0.05, 0) is 40.1 Å². The molecule has 4 heteroatoms. The molecule has 0 saturated carbocycles. The summed E-state index contributed by atoms with van der Waals surface area (Å²) in [6.07, 6.45) is 0. The van der Waals surface area contributed by atoms with Crippen LogP contribution in [0.5, 0.6) is 5.75 Å². The first-order valence-electron chi connectivity index (χ1n) is 4.97. The van der Waals surface area contributed by atoms with Crippen LogP contribution in [0.1, 0.15) is 17.2 Å². The highest BCUT2D eigenvalue weighted by Crippen LogP contribution is 2.25. The highest BCUT2D eigenvalue weighted by atomic mass is 32.1. The molecule has 1 heterocycles. The molecule has 0 radical (unpaired) electrons. The molecule has 2 aromatic rings. The molecule has 3 N–H and O–H groups in total. The van der Waals surface area contributed by atoms with Crippen molar-refractivity contribution < 1.29 is 4.74 Å². The molecule has 2 rings (SSSR count). The van der Waals surface area contributed by atoms with Gasteiger partial charge >= 0.3 is 0 Å². The number of hydrazine groups is 1. The van der Waals surface area contributed by atoms with Crippen LogP contribution in [-0.4, -0.2) is 7.11 Å². The van der Waals surface area contributed by atoms with Gasteiger partial charge in [-0.1, -0.05) is 12.1 Å². The Morgan fingerprint density at radius 2 is 2.19 bits per heavy atom. The van der Waals surface area contributed by atoms with Gasteiger partial charge in [0.2, 0.25) is 0 Å². The van der Waals surface area contributed by atoms with E-state index in [-0.39, 0.29) is 6.04 Å². The zero-order valence-corrected chi connectivity index (χ0v) is 9.83. The molecule has 0 aliphatic carbocycles. The average Bonchev–Trinajstić information content (AvgIpc) is 2.84. The minimum atomic E-state index is 0.0151. The van der Waals surface area contributed by atoms with Gasteiger partial charge in [-0.2, -0.15) is 11.3 Å². The van der Waals surface area contributed by atoms with Crippen LogP contribution < -0.4 is 16.0 Å². The van der Waals surface area contributed by atoms with Crippen LogP contribution in [0.3, 0.4) is 0 Å². The molecule has 0 aliphatic heterocycles. The van der Waals surface area contributed by atoms with Crippen molar-refractivity contribution in [3.05, 3.63) is 52.2 Å². The maximum absolute atomic E-state index is 5.60. The van der Waals surface area contributed by atoms with Crippen molar-refractivity contribution in [1.29, 1.82) is 0 Å². The lowest BCUT2D eigenvalue weighted by Gasteiger charge is -2.15. The molecule has 84 valence electrons. The van der Waals surface area contributed by atoms with Crippen molar-refractivity contribution in [3.63, 3.8) is 0 Å². The predicted molar refractivity (Wildman–Crippen MR) is 66.5 cm³/mol. The quantitative estimate of drug-likeness (QED) is 0.630. The summed E-state index contributed by atoms with van der Waals surface area (Å²) in [4.78, 5) is 0. The summed E-state index contributed by atoms with van der Waals surface area (Å²) in [5.41, 5.74) is 5.09. The highest BCUT2D eigenvalue weighted by molar-refractivity contribution is 7.08. The summed E-state index contributed by atoms with van der Waals surface area (Å²) >= 11 is 1.66. The third-order valence-electron chi connectivity index (χ3n) is 2.47. The van der Waals surface area contributed by atoms with E-state index < -0.39 is 0 Å². The van der Waals surface area contributed by atoms with Crippen LogP contribution in [0.2, 0.25) is 0 Å². The molecule has 1 atom stereocenters. The molecule has 1 aromatic heterocycles. The van der Waals surface area contributed by atoms with Crippen LogP contribution in [0.4, 0.5) is 0 Å². The molecule has 16 heavy (non-hydrogen) atoms. The molecule has 3 nitrogen and oxygen atoms in total. The van der Waals surface area contributed by atoms with E-state index in [9.17, 15) is 0 Å². The molecule has 0 amide bonds. The first-order chi connectivity index (χ1) is 7.85. The Hall–Kier alpha value is -1.36. The number of methoxy groups -OCH3 is 1. The fraction of sp³-hybridized carbons (Fsp3) is 0.167. The number of hydrogen-bond donors (Lipinski definition) is 2. The monoisotopic (exact) mass is 234 g/mol. The fourth-order valence-corrected chi connectivity index (χ4v) is 2.33. The number of nitrogens with one attached hydrogen (secondary N) is 1. The van der Waals surface area contributed by atoms with E-state index in [2.05, 4.69) is 16.9 Å². The minimum absolute atomic E-state index is 0.0151. The maximum atomic E-state index is 5.60. The van der Waals surface area contributed by atoms with E-state index in [1.807, 2.05) is 29.6 Å². The van der Waals surface area contributed by atoms with Gasteiger partial charge in [-0.3, -0.25) is 5.84 Å². The number of ether oxygens (including phenoxy) is 1. The number of thiophene rings is 1. The van der Waals surface area contributed by atoms with Crippen LogP contribution in [-0.2, 0) is 0 Å². The summed E-state index contributed by atoms with van der Waals surface area (Å²) in [6.45, 7) is 0. The lowest BCUT2D eigenvalue weighted by Crippen LogP contribution is -2.28. The van der Waals surface area contributed by atoms with Gasteiger partial charge in [0, 0.05) is 0 Å². The second-order valence-corrected chi connectivity index (χ2v) is 4.21. The van der Waals surface area contributed by atoms with Gasteiger partial charge in [0.15, 0.2) is 0 Å².